The van der Waals surface area contributed by atoms with Crippen LogP contribution in [0.15, 0.2) is 0 Å². The minimum Gasteiger partial charge on any atom is -0.481 e. The number of sulfone groups is 1. The van der Waals surface area contributed by atoms with Crippen molar-refractivity contribution in [2.75, 3.05) is 24.6 Å². The van der Waals surface area contributed by atoms with E-state index in [9.17, 15) is 18.0 Å². The average molecular weight is 305 g/mol. The Morgan fingerprint density at radius 2 is 1.90 bits per heavy atom. The van der Waals surface area contributed by atoms with Crippen LogP contribution in [0.25, 0.3) is 0 Å². The first-order valence-electron chi connectivity index (χ1n) is 6.98. The van der Waals surface area contributed by atoms with Crippen LogP contribution in [0.3, 0.4) is 0 Å². The molecular weight excluding hydrogens is 282 g/mol. The third-order valence-corrected chi connectivity index (χ3v) is 5.28. The van der Waals surface area contributed by atoms with Gasteiger partial charge in [-0.2, -0.15) is 0 Å². The van der Waals surface area contributed by atoms with E-state index in [1.54, 1.807) is 6.92 Å². The van der Waals surface area contributed by atoms with Gasteiger partial charge in [-0.25, -0.2) is 8.42 Å². The highest BCUT2D eigenvalue weighted by atomic mass is 32.2. The summed E-state index contributed by atoms with van der Waals surface area (Å²) in [6, 6.07) is 0. The van der Waals surface area contributed by atoms with E-state index in [0.717, 1.165) is 12.8 Å². The smallest absolute Gasteiger partial charge is 0.308 e. The van der Waals surface area contributed by atoms with Crippen LogP contribution in [0.4, 0.5) is 0 Å². The zero-order chi connectivity index (χ0) is 15.3. The van der Waals surface area contributed by atoms with Gasteiger partial charge in [0.1, 0.15) is 5.75 Å². The summed E-state index contributed by atoms with van der Waals surface area (Å²) in [5.74, 6) is -2.62. The fourth-order valence-electron chi connectivity index (χ4n) is 2.42. The molecule has 2 atom stereocenters. The van der Waals surface area contributed by atoms with Gasteiger partial charge in [-0.1, -0.05) is 26.7 Å². The molecule has 1 aliphatic rings. The third-order valence-electron chi connectivity index (χ3n) is 3.68. The van der Waals surface area contributed by atoms with Gasteiger partial charge in [0, 0.05) is 13.1 Å². The first kappa shape index (κ1) is 16.9. The molecule has 7 heteroatoms. The van der Waals surface area contributed by atoms with Crippen molar-refractivity contribution in [1.82, 2.24) is 4.90 Å². The van der Waals surface area contributed by atoms with Crippen LogP contribution < -0.4 is 0 Å². The quantitative estimate of drug-likeness (QED) is 0.701. The molecule has 1 saturated heterocycles. The molecule has 0 aromatic carbocycles. The minimum absolute atomic E-state index is 0.0261. The number of nitrogens with zero attached hydrogens (tertiary/aromatic N) is 1. The maximum Gasteiger partial charge on any atom is 0.308 e. The molecule has 0 spiro atoms. The van der Waals surface area contributed by atoms with Crippen LogP contribution in [-0.4, -0.2) is 54.9 Å². The van der Waals surface area contributed by atoms with Gasteiger partial charge >= 0.3 is 5.97 Å². The Morgan fingerprint density at radius 1 is 1.25 bits per heavy atom. The van der Waals surface area contributed by atoms with Crippen LogP contribution in [-0.2, 0) is 19.4 Å². The lowest BCUT2D eigenvalue weighted by Gasteiger charge is -2.15. The molecule has 116 valence electrons. The Kier molecular flexibility index (Phi) is 5.98. The Morgan fingerprint density at radius 3 is 2.40 bits per heavy atom. The number of carbonyl (C=O) groups excluding carboxylic acids is 1. The molecule has 1 rings (SSSR count). The summed E-state index contributed by atoms with van der Waals surface area (Å²) in [7, 11) is -3.38. The first-order valence-corrected chi connectivity index (χ1v) is 8.80. The van der Waals surface area contributed by atoms with Crippen molar-refractivity contribution in [2.45, 2.75) is 33.1 Å². The summed E-state index contributed by atoms with van der Waals surface area (Å²) in [5, 5.41) is 9.00. The van der Waals surface area contributed by atoms with Gasteiger partial charge in [-0.05, 0) is 12.3 Å². The Balaban J connectivity index is 2.53. The fraction of sp³-hybridized carbons (Fsp3) is 0.846. The second kappa shape index (κ2) is 7.06. The van der Waals surface area contributed by atoms with E-state index in [-0.39, 0.29) is 18.2 Å². The minimum atomic E-state index is -3.38. The Bertz CT molecular complexity index is 459. The molecule has 6 nitrogen and oxygen atoms in total. The summed E-state index contributed by atoms with van der Waals surface area (Å²) >= 11 is 0. The zero-order valence-corrected chi connectivity index (χ0v) is 12.9. The standard InChI is InChI=1S/C13H23NO5S/c1-3-4-5-6-20(18,19)9-12(15)14-7-10(2)11(8-14)13(16)17/h10-11H,3-9H2,1-2H3,(H,16,17)/t10-,11-/m1/s1. The second-order valence-electron chi connectivity index (χ2n) is 5.52. The molecule has 0 bridgehead atoms. The van der Waals surface area contributed by atoms with Gasteiger partial charge in [0.15, 0.2) is 9.84 Å². The normalized spacial score (nSPS) is 23.0. The van der Waals surface area contributed by atoms with Gasteiger partial charge in [-0.3, -0.25) is 9.59 Å². The number of unbranched alkanes of at least 4 members (excludes halogenated alkanes) is 2. The van der Waals surface area contributed by atoms with E-state index in [4.69, 9.17) is 5.11 Å². The number of hydrogen-bond acceptors (Lipinski definition) is 4. The molecule has 1 fully saturated rings. The number of carboxylic acids is 1. The van der Waals surface area contributed by atoms with Gasteiger partial charge in [0.05, 0.1) is 11.7 Å². The largest absolute Gasteiger partial charge is 0.481 e. The highest BCUT2D eigenvalue weighted by Crippen LogP contribution is 2.23. The predicted octanol–water partition coefficient (Wildman–Crippen LogP) is 0.770. The topological polar surface area (TPSA) is 91.8 Å². The van der Waals surface area contributed by atoms with Crippen LogP contribution in [0, 0.1) is 11.8 Å². The van der Waals surface area contributed by atoms with Crippen molar-refractivity contribution in [1.29, 1.82) is 0 Å². The Hall–Kier alpha value is -1.11. The fourth-order valence-corrected chi connectivity index (χ4v) is 3.76. The van der Waals surface area contributed by atoms with Crippen LogP contribution in [0.1, 0.15) is 33.1 Å². The highest BCUT2D eigenvalue weighted by Gasteiger charge is 2.37. The Labute approximate surface area is 120 Å². The number of likely N-dealkylation sites (tertiary alicyclic amines) is 1. The summed E-state index contributed by atoms with van der Waals surface area (Å²) in [6.45, 7) is 4.18. The zero-order valence-electron chi connectivity index (χ0n) is 12.0. The van der Waals surface area contributed by atoms with Crippen molar-refractivity contribution < 1.29 is 23.1 Å². The molecule has 1 heterocycles. The summed E-state index contributed by atoms with van der Waals surface area (Å²) in [4.78, 5) is 24.3. The second-order valence-corrected chi connectivity index (χ2v) is 7.70. The van der Waals surface area contributed by atoms with Crippen molar-refractivity contribution in [3.8, 4) is 0 Å². The molecule has 20 heavy (non-hydrogen) atoms. The lowest BCUT2D eigenvalue weighted by Crippen LogP contribution is -2.35. The van der Waals surface area contributed by atoms with E-state index in [2.05, 4.69) is 0 Å². The van der Waals surface area contributed by atoms with Crippen molar-refractivity contribution in [2.24, 2.45) is 11.8 Å². The van der Waals surface area contributed by atoms with E-state index in [0.29, 0.717) is 13.0 Å². The summed E-state index contributed by atoms with van der Waals surface area (Å²) in [5.41, 5.74) is 0. The number of aliphatic carboxylic acids is 1. The molecule has 1 amide bonds. The molecule has 0 aromatic heterocycles. The molecular formula is C13H23NO5S. The number of rotatable bonds is 7. The molecule has 0 aromatic rings. The molecule has 0 unspecified atom stereocenters. The lowest BCUT2D eigenvalue weighted by atomic mass is 9.99. The van der Waals surface area contributed by atoms with Crippen molar-refractivity contribution in [3.63, 3.8) is 0 Å². The van der Waals surface area contributed by atoms with E-state index < -0.39 is 33.4 Å². The van der Waals surface area contributed by atoms with Gasteiger partial charge in [0.25, 0.3) is 0 Å². The average Bonchev–Trinajstić information content (AvgIpc) is 2.71. The highest BCUT2D eigenvalue weighted by molar-refractivity contribution is 7.92. The number of carboxylic acid groups (broad SMARTS) is 1. The van der Waals surface area contributed by atoms with Crippen LogP contribution >= 0.6 is 0 Å². The molecule has 1 aliphatic heterocycles. The lowest BCUT2D eigenvalue weighted by molar-refractivity contribution is -0.142. The van der Waals surface area contributed by atoms with Crippen LogP contribution in [0.5, 0.6) is 0 Å². The third kappa shape index (κ3) is 4.77. The van der Waals surface area contributed by atoms with Gasteiger partial charge < -0.3 is 10.0 Å². The van der Waals surface area contributed by atoms with Crippen molar-refractivity contribution in [3.05, 3.63) is 0 Å². The van der Waals surface area contributed by atoms with Crippen molar-refractivity contribution >= 4 is 21.7 Å². The predicted molar refractivity (Wildman–Crippen MR) is 75.0 cm³/mol. The van der Waals surface area contributed by atoms with Crippen LogP contribution in [0.2, 0.25) is 0 Å². The number of amides is 1. The summed E-state index contributed by atoms with van der Waals surface area (Å²) < 4.78 is 23.6. The van der Waals surface area contributed by atoms with E-state index >= 15 is 0 Å². The molecule has 0 radical (unpaired) electrons. The maximum atomic E-state index is 12.0. The monoisotopic (exact) mass is 305 g/mol. The van der Waals surface area contributed by atoms with Gasteiger partial charge in [-0.15, -0.1) is 0 Å². The van der Waals surface area contributed by atoms with E-state index in [1.807, 2.05) is 6.92 Å². The van der Waals surface area contributed by atoms with E-state index in [1.165, 1.54) is 4.90 Å². The molecule has 0 aliphatic carbocycles. The maximum absolute atomic E-state index is 12.0. The molecule has 0 saturated carbocycles. The SMILES string of the molecule is CCCCCS(=O)(=O)CC(=O)N1C[C@@H](C)[C@H](C(=O)O)C1. The number of carbonyl (C=O) groups is 2. The van der Waals surface area contributed by atoms with Gasteiger partial charge in [0.2, 0.25) is 5.91 Å². The molecule has 1 N–H and O–H groups in total. The summed E-state index contributed by atoms with van der Waals surface area (Å²) in [6.07, 6.45) is 2.32. The number of hydrogen-bond donors (Lipinski definition) is 1. The first-order chi connectivity index (χ1) is 9.26.